The minimum absolute atomic E-state index is 0.0520. The molecular formula is C16H16FN3S. The number of fused-ring (bicyclic) bond motifs is 1. The molecule has 2 aromatic heterocycles. The Labute approximate surface area is 126 Å². The zero-order chi connectivity index (χ0) is 14.7. The highest BCUT2D eigenvalue weighted by atomic mass is 32.1. The third-order valence-corrected chi connectivity index (χ3v) is 4.33. The Morgan fingerprint density at radius 3 is 2.81 bits per heavy atom. The molecule has 108 valence electrons. The fourth-order valence-corrected chi connectivity index (χ4v) is 3.32. The van der Waals surface area contributed by atoms with Crippen LogP contribution in [0.15, 0.2) is 42.6 Å². The molecule has 1 atom stereocenters. The van der Waals surface area contributed by atoms with Gasteiger partial charge in [-0.25, -0.2) is 9.37 Å². The summed E-state index contributed by atoms with van der Waals surface area (Å²) < 4.78 is 14.2. The second-order valence-electron chi connectivity index (χ2n) is 4.79. The van der Waals surface area contributed by atoms with Crippen LogP contribution >= 0.6 is 11.3 Å². The molecule has 0 radical (unpaired) electrons. The fourth-order valence-electron chi connectivity index (χ4n) is 2.30. The van der Waals surface area contributed by atoms with Crippen LogP contribution in [0.1, 0.15) is 23.7 Å². The molecule has 3 aromatic rings. The lowest BCUT2D eigenvalue weighted by atomic mass is 10.1. The second kappa shape index (κ2) is 6.28. The number of pyridine rings is 1. The van der Waals surface area contributed by atoms with Crippen molar-refractivity contribution in [3.8, 4) is 0 Å². The first-order valence-electron chi connectivity index (χ1n) is 6.95. The zero-order valence-corrected chi connectivity index (χ0v) is 12.5. The molecule has 0 saturated heterocycles. The van der Waals surface area contributed by atoms with Gasteiger partial charge in [0.25, 0.3) is 0 Å². The molecule has 3 nitrogen and oxygen atoms in total. The SMILES string of the molecule is CCNC(Cc1nc2ccccc2s1)c1ccc(F)cn1. The number of nitrogens with zero attached hydrogens (tertiary/aromatic N) is 2. The number of aromatic nitrogens is 2. The van der Waals surface area contributed by atoms with Crippen molar-refractivity contribution in [1.82, 2.24) is 15.3 Å². The topological polar surface area (TPSA) is 37.8 Å². The van der Waals surface area contributed by atoms with Gasteiger partial charge in [0, 0.05) is 6.42 Å². The van der Waals surface area contributed by atoms with E-state index in [4.69, 9.17) is 0 Å². The smallest absolute Gasteiger partial charge is 0.141 e. The highest BCUT2D eigenvalue weighted by molar-refractivity contribution is 7.18. The Morgan fingerprint density at radius 2 is 2.10 bits per heavy atom. The van der Waals surface area contributed by atoms with Gasteiger partial charge in [-0.3, -0.25) is 4.98 Å². The van der Waals surface area contributed by atoms with E-state index in [-0.39, 0.29) is 11.9 Å². The number of thiazole rings is 1. The van der Waals surface area contributed by atoms with E-state index < -0.39 is 0 Å². The van der Waals surface area contributed by atoms with Crippen LogP contribution in [-0.4, -0.2) is 16.5 Å². The minimum atomic E-state index is -0.311. The van der Waals surface area contributed by atoms with Gasteiger partial charge in [-0.05, 0) is 30.8 Å². The number of rotatable bonds is 5. The predicted octanol–water partition coefficient (Wildman–Crippen LogP) is 3.72. The van der Waals surface area contributed by atoms with Gasteiger partial charge in [-0.15, -0.1) is 11.3 Å². The number of nitrogens with one attached hydrogen (secondary N) is 1. The van der Waals surface area contributed by atoms with E-state index in [2.05, 4.69) is 28.3 Å². The third-order valence-electron chi connectivity index (χ3n) is 3.27. The van der Waals surface area contributed by atoms with Crippen molar-refractivity contribution in [1.29, 1.82) is 0 Å². The van der Waals surface area contributed by atoms with Crippen LogP contribution < -0.4 is 5.32 Å². The lowest BCUT2D eigenvalue weighted by molar-refractivity contribution is 0.531. The maximum absolute atomic E-state index is 13.0. The first-order chi connectivity index (χ1) is 10.3. The first kappa shape index (κ1) is 14.1. The van der Waals surface area contributed by atoms with E-state index >= 15 is 0 Å². The molecule has 1 aromatic carbocycles. The maximum Gasteiger partial charge on any atom is 0.141 e. The number of halogens is 1. The molecule has 0 amide bonds. The van der Waals surface area contributed by atoms with Crippen molar-refractivity contribution in [3.05, 3.63) is 59.1 Å². The predicted molar refractivity (Wildman–Crippen MR) is 83.9 cm³/mol. The highest BCUT2D eigenvalue weighted by Gasteiger charge is 2.15. The average Bonchev–Trinajstić information content (AvgIpc) is 2.90. The Hall–Kier alpha value is -1.85. The number of benzene rings is 1. The summed E-state index contributed by atoms with van der Waals surface area (Å²) in [5.41, 5.74) is 1.87. The van der Waals surface area contributed by atoms with E-state index in [1.807, 2.05) is 18.2 Å². The van der Waals surface area contributed by atoms with E-state index in [0.29, 0.717) is 0 Å². The van der Waals surface area contributed by atoms with Crippen molar-refractivity contribution in [3.63, 3.8) is 0 Å². The van der Waals surface area contributed by atoms with Crippen LogP contribution in [-0.2, 0) is 6.42 Å². The largest absolute Gasteiger partial charge is 0.309 e. The molecule has 0 aliphatic heterocycles. The normalized spacial score (nSPS) is 12.7. The Morgan fingerprint density at radius 1 is 1.24 bits per heavy atom. The minimum Gasteiger partial charge on any atom is -0.309 e. The van der Waals surface area contributed by atoms with Gasteiger partial charge in [0.05, 0.1) is 33.2 Å². The summed E-state index contributed by atoms with van der Waals surface area (Å²) in [5, 5.41) is 4.46. The second-order valence-corrected chi connectivity index (χ2v) is 5.91. The van der Waals surface area contributed by atoms with Crippen LogP contribution in [0.4, 0.5) is 4.39 Å². The van der Waals surface area contributed by atoms with Gasteiger partial charge in [-0.1, -0.05) is 19.1 Å². The van der Waals surface area contributed by atoms with Crippen LogP contribution in [0.5, 0.6) is 0 Å². The maximum atomic E-state index is 13.0. The van der Waals surface area contributed by atoms with E-state index in [1.165, 1.54) is 17.0 Å². The quantitative estimate of drug-likeness (QED) is 0.780. The van der Waals surface area contributed by atoms with Gasteiger partial charge in [0.15, 0.2) is 0 Å². The Bertz CT molecular complexity index is 691. The molecule has 1 N–H and O–H groups in total. The van der Waals surface area contributed by atoms with Crippen LogP contribution in [0.2, 0.25) is 0 Å². The summed E-state index contributed by atoms with van der Waals surface area (Å²) in [7, 11) is 0. The summed E-state index contributed by atoms with van der Waals surface area (Å²) in [6.45, 7) is 2.88. The van der Waals surface area contributed by atoms with E-state index in [0.717, 1.165) is 29.2 Å². The average molecular weight is 301 g/mol. The molecular weight excluding hydrogens is 285 g/mol. The number of hydrogen-bond acceptors (Lipinski definition) is 4. The van der Waals surface area contributed by atoms with Gasteiger partial charge in [0.2, 0.25) is 0 Å². The molecule has 0 bridgehead atoms. The number of hydrogen-bond donors (Lipinski definition) is 1. The third kappa shape index (κ3) is 3.25. The summed E-state index contributed by atoms with van der Waals surface area (Å²) >= 11 is 1.70. The summed E-state index contributed by atoms with van der Waals surface area (Å²) in [6, 6.07) is 11.3. The van der Waals surface area contributed by atoms with Crippen LogP contribution in [0.25, 0.3) is 10.2 Å². The molecule has 3 rings (SSSR count). The lowest BCUT2D eigenvalue weighted by Gasteiger charge is -2.15. The molecule has 21 heavy (non-hydrogen) atoms. The van der Waals surface area contributed by atoms with Crippen molar-refractivity contribution in [2.24, 2.45) is 0 Å². The van der Waals surface area contributed by atoms with Crippen molar-refractivity contribution in [2.45, 2.75) is 19.4 Å². The number of likely N-dealkylation sites (N-methyl/N-ethyl adjacent to an activating group) is 1. The van der Waals surface area contributed by atoms with Crippen molar-refractivity contribution in [2.75, 3.05) is 6.54 Å². The van der Waals surface area contributed by atoms with Crippen LogP contribution in [0, 0.1) is 5.82 Å². The summed E-state index contributed by atoms with van der Waals surface area (Å²) in [5.74, 6) is -0.311. The summed E-state index contributed by atoms with van der Waals surface area (Å²) in [4.78, 5) is 8.84. The fraction of sp³-hybridized carbons (Fsp3) is 0.250. The van der Waals surface area contributed by atoms with Gasteiger partial charge >= 0.3 is 0 Å². The monoisotopic (exact) mass is 301 g/mol. The van der Waals surface area contributed by atoms with Gasteiger partial charge in [-0.2, -0.15) is 0 Å². The summed E-state index contributed by atoms with van der Waals surface area (Å²) in [6.07, 6.45) is 2.02. The molecule has 2 heterocycles. The molecule has 0 spiro atoms. The van der Waals surface area contributed by atoms with Crippen molar-refractivity contribution < 1.29 is 4.39 Å². The molecule has 0 fully saturated rings. The van der Waals surface area contributed by atoms with Gasteiger partial charge < -0.3 is 5.32 Å². The Balaban J connectivity index is 1.85. The molecule has 0 aliphatic rings. The van der Waals surface area contributed by atoms with Crippen LogP contribution in [0.3, 0.4) is 0 Å². The van der Waals surface area contributed by atoms with Gasteiger partial charge in [0.1, 0.15) is 5.82 Å². The van der Waals surface area contributed by atoms with E-state index in [1.54, 1.807) is 17.4 Å². The molecule has 0 aliphatic carbocycles. The number of para-hydroxylation sites is 1. The Kier molecular flexibility index (Phi) is 4.22. The first-order valence-corrected chi connectivity index (χ1v) is 7.77. The highest BCUT2D eigenvalue weighted by Crippen LogP contribution is 2.25. The molecule has 1 unspecified atom stereocenters. The molecule has 5 heteroatoms. The van der Waals surface area contributed by atoms with Crippen molar-refractivity contribution >= 4 is 21.6 Å². The van der Waals surface area contributed by atoms with E-state index in [9.17, 15) is 4.39 Å². The molecule has 0 saturated carbocycles. The standard InChI is InChI=1S/C16H16FN3S/c1-2-18-14(12-8-7-11(17)10-19-12)9-16-20-13-5-3-4-6-15(13)21-16/h3-8,10,14,18H,2,9H2,1H3. The lowest BCUT2D eigenvalue weighted by Crippen LogP contribution is -2.23. The zero-order valence-electron chi connectivity index (χ0n) is 11.7.